The van der Waals surface area contributed by atoms with Crippen molar-refractivity contribution >= 4 is 0 Å². The molecule has 1 aromatic carbocycles. The number of aliphatic hydroxyl groups excluding tert-OH is 1. The van der Waals surface area contributed by atoms with E-state index in [9.17, 15) is 0 Å². The Hall–Kier alpha value is -0.860. The van der Waals surface area contributed by atoms with Crippen molar-refractivity contribution in [1.29, 1.82) is 0 Å². The second kappa shape index (κ2) is 3.48. The molecule has 0 saturated carbocycles. The summed E-state index contributed by atoms with van der Waals surface area (Å²) in [6, 6.07) is 11.3. The van der Waals surface area contributed by atoms with Gasteiger partial charge in [0.25, 0.3) is 0 Å². The molecule has 1 aliphatic rings. The van der Waals surface area contributed by atoms with Crippen LogP contribution in [0.3, 0.4) is 0 Å². The highest BCUT2D eigenvalue weighted by molar-refractivity contribution is 5.20. The molecule has 1 unspecified atom stereocenters. The molecule has 3 atom stereocenters. The minimum Gasteiger partial charge on any atom is -0.395 e. The van der Waals surface area contributed by atoms with E-state index in [1.807, 2.05) is 6.07 Å². The van der Waals surface area contributed by atoms with Crippen molar-refractivity contribution in [3.63, 3.8) is 0 Å². The Balaban J connectivity index is 2.03. The first-order valence-corrected chi connectivity index (χ1v) is 4.74. The molecule has 2 nitrogen and oxygen atoms in total. The first-order valence-electron chi connectivity index (χ1n) is 4.74. The molecule has 0 amide bonds. The van der Waals surface area contributed by atoms with Crippen LogP contribution < -0.4 is 0 Å². The average Bonchev–Trinajstić information content (AvgIpc) is 2.97. The lowest BCUT2D eigenvalue weighted by molar-refractivity contribution is 0.259. The number of nitrogens with zero attached hydrogens (tertiary/aromatic N) is 1. The summed E-state index contributed by atoms with van der Waals surface area (Å²) in [5, 5.41) is 8.93. The van der Waals surface area contributed by atoms with Crippen LogP contribution in [-0.4, -0.2) is 29.2 Å². The summed E-state index contributed by atoms with van der Waals surface area (Å²) in [6.07, 6.45) is 0. The molecule has 1 aromatic rings. The summed E-state index contributed by atoms with van der Waals surface area (Å²) in [5.74, 6) is 0. The molecular formula is C11H15NO. The molecular weight excluding hydrogens is 162 g/mol. The Bertz CT molecular complexity index is 273. The number of rotatable bonds is 3. The van der Waals surface area contributed by atoms with Gasteiger partial charge in [-0.1, -0.05) is 30.3 Å². The lowest BCUT2D eigenvalue weighted by atomic mass is 10.1. The number of hydrogen-bond donors (Lipinski definition) is 1. The van der Waals surface area contributed by atoms with Crippen LogP contribution in [-0.2, 0) is 0 Å². The van der Waals surface area contributed by atoms with Crippen LogP contribution in [0.25, 0.3) is 0 Å². The third-order valence-corrected chi connectivity index (χ3v) is 2.75. The van der Waals surface area contributed by atoms with Gasteiger partial charge in [-0.3, -0.25) is 4.90 Å². The summed E-state index contributed by atoms with van der Waals surface area (Å²) < 4.78 is 0. The van der Waals surface area contributed by atoms with Crippen molar-refractivity contribution in [2.24, 2.45) is 0 Å². The first-order chi connectivity index (χ1) is 6.33. The molecule has 1 heterocycles. The van der Waals surface area contributed by atoms with Crippen molar-refractivity contribution in [2.45, 2.75) is 19.0 Å². The van der Waals surface area contributed by atoms with Crippen molar-refractivity contribution in [1.82, 2.24) is 4.90 Å². The minimum atomic E-state index is 0.289. The number of aliphatic hydroxyl groups is 1. The zero-order valence-corrected chi connectivity index (χ0v) is 7.85. The SMILES string of the molecule is C[C@H](c1ccccc1)N1C[C@H]1CO. The largest absolute Gasteiger partial charge is 0.395 e. The van der Waals surface area contributed by atoms with E-state index in [0.717, 1.165) is 6.54 Å². The first kappa shape index (κ1) is 8.73. The van der Waals surface area contributed by atoms with E-state index >= 15 is 0 Å². The molecule has 1 aliphatic heterocycles. The Kier molecular flexibility index (Phi) is 2.34. The third kappa shape index (κ3) is 1.74. The molecule has 1 fully saturated rings. The van der Waals surface area contributed by atoms with Gasteiger partial charge in [0.15, 0.2) is 0 Å². The van der Waals surface area contributed by atoms with Crippen LogP contribution in [0.1, 0.15) is 18.5 Å². The topological polar surface area (TPSA) is 23.2 Å². The van der Waals surface area contributed by atoms with Crippen molar-refractivity contribution in [3.8, 4) is 0 Å². The Labute approximate surface area is 78.8 Å². The van der Waals surface area contributed by atoms with Crippen LogP contribution in [0.5, 0.6) is 0 Å². The zero-order valence-electron chi connectivity index (χ0n) is 7.85. The molecule has 0 spiro atoms. The third-order valence-electron chi connectivity index (χ3n) is 2.75. The predicted molar refractivity (Wildman–Crippen MR) is 52.4 cm³/mol. The van der Waals surface area contributed by atoms with E-state index in [0.29, 0.717) is 12.1 Å². The van der Waals surface area contributed by atoms with Gasteiger partial charge in [0.1, 0.15) is 0 Å². The van der Waals surface area contributed by atoms with Crippen LogP contribution >= 0.6 is 0 Å². The van der Waals surface area contributed by atoms with Crippen LogP contribution in [0.2, 0.25) is 0 Å². The zero-order chi connectivity index (χ0) is 9.26. The van der Waals surface area contributed by atoms with Gasteiger partial charge in [0, 0.05) is 18.6 Å². The second-order valence-electron chi connectivity index (χ2n) is 3.62. The highest BCUT2D eigenvalue weighted by Crippen LogP contribution is 2.30. The molecule has 0 bridgehead atoms. The fraction of sp³-hybridized carbons (Fsp3) is 0.455. The van der Waals surface area contributed by atoms with Gasteiger partial charge >= 0.3 is 0 Å². The van der Waals surface area contributed by atoms with Crippen LogP contribution in [0, 0.1) is 0 Å². The average molecular weight is 177 g/mol. The van der Waals surface area contributed by atoms with E-state index < -0.39 is 0 Å². The molecule has 0 radical (unpaired) electrons. The van der Waals surface area contributed by atoms with Crippen LogP contribution in [0.4, 0.5) is 0 Å². The molecule has 1 N–H and O–H groups in total. The van der Waals surface area contributed by atoms with Gasteiger partial charge < -0.3 is 5.11 Å². The van der Waals surface area contributed by atoms with Gasteiger partial charge in [-0.15, -0.1) is 0 Å². The fourth-order valence-corrected chi connectivity index (χ4v) is 1.76. The maximum absolute atomic E-state index is 8.93. The van der Waals surface area contributed by atoms with E-state index in [4.69, 9.17) is 5.11 Å². The van der Waals surface area contributed by atoms with E-state index in [2.05, 4.69) is 36.1 Å². The van der Waals surface area contributed by atoms with Gasteiger partial charge in [-0.05, 0) is 12.5 Å². The summed E-state index contributed by atoms with van der Waals surface area (Å²) in [6.45, 7) is 3.51. The van der Waals surface area contributed by atoms with Gasteiger partial charge in [-0.25, -0.2) is 0 Å². The summed E-state index contributed by atoms with van der Waals surface area (Å²) in [4.78, 5) is 2.30. The highest BCUT2D eigenvalue weighted by Gasteiger charge is 2.37. The molecule has 2 rings (SSSR count). The highest BCUT2D eigenvalue weighted by atomic mass is 16.3. The monoisotopic (exact) mass is 177 g/mol. The second-order valence-corrected chi connectivity index (χ2v) is 3.62. The smallest absolute Gasteiger partial charge is 0.0599 e. The molecule has 70 valence electrons. The quantitative estimate of drug-likeness (QED) is 0.706. The lowest BCUT2D eigenvalue weighted by Gasteiger charge is -2.13. The van der Waals surface area contributed by atoms with E-state index in [-0.39, 0.29) is 6.61 Å². The Morgan fingerprint density at radius 1 is 1.46 bits per heavy atom. The van der Waals surface area contributed by atoms with Crippen molar-refractivity contribution in [3.05, 3.63) is 35.9 Å². The van der Waals surface area contributed by atoms with Gasteiger partial charge in [-0.2, -0.15) is 0 Å². The van der Waals surface area contributed by atoms with Crippen molar-refractivity contribution < 1.29 is 5.11 Å². The van der Waals surface area contributed by atoms with E-state index in [1.165, 1.54) is 5.56 Å². The molecule has 0 aliphatic carbocycles. The maximum Gasteiger partial charge on any atom is 0.0599 e. The Morgan fingerprint density at radius 2 is 2.15 bits per heavy atom. The van der Waals surface area contributed by atoms with Gasteiger partial charge in [0.05, 0.1) is 6.61 Å². The van der Waals surface area contributed by atoms with Crippen molar-refractivity contribution in [2.75, 3.05) is 13.2 Å². The lowest BCUT2D eigenvalue weighted by Crippen LogP contribution is -2.10. The molecule has 13 heavy (non-hydrogen) atoms. The van der Waals surface area contributed by atoms with Crippen LogP contribution in [0.15, 0.2) is 30.3 Å². The Morgan fingerprint density at radius 3 is 2.69 bits per heavy atom. The molecule has 0 aromatic heterocycles. The van der Waals surface area contributed by atoms with Gasteiger partial charge in [0.2, 0.25) is 0 Å². The molecule has 1 saturated heterocycles. The maximum atomic E-state index is 8.93. The standard InChI is InChI=1S/C11H15NO/c1-9(12-7-11(12)8-13)10-5-3-2-4-6-10/h2-6,9,11,13H,7-8H2,1H3/t9-,11+,12?/m1/s1. The minimum absolute atomic E-state index is 0.289. The number of hydrogen-bond acceptors (Lipinski definition) is 2. The summed E-state index contributed by atoms with van der Waals surface area (Å²) >= 11 is 0. The van der Waals surface area contributed by atoms with E-state index in [1.54, 1.807) is 0 Å². The predicted octanol–water partition coefficient (Wildman–Crippen LogP) is 1.42. The fourth-order valence-electron chi connectivity index (χ4n) is 1.76. The summed E-state index contributed by atoms with van der Waals surface area (Å²) in [5.41, 5.74) is 1.33. The summed E-state index contributed by atoms with van der Waals surface area (Å²) in [7, 11) is 0. The molecule has 2 heteroatoms. The normalized spacial score (nSPS) is 28.5. The number of benzene rings is 1.